The molecule has 0 bridgehead atoms. The highest BCUT2D eigenvalue weighted by Gasteiger charge is 2.08. The van der Waals surface area contributed by atoms with E-state index in [-0.39, 0.29) is 5.97 Å². The number of aryl methyl sites for hydroxylation is 1. The highest BCUT2D eigenvalue weighted by Crippen LogP contribution is 2.20. The maximum Gasteiger partial charge on any atom is 0.305 e. The molecule has 0 unspecified atom stereocenters. The second kappa shape index (κ2) is 5.13. The molecule has 4 nitrogen and oxygen atoms in total. The molecular formula is C10H11IN2O2S. The van der Waals surface area contributed by atoms with E-state index < -0.39 is 0 Å². The van der Waals surface area contributed by atoms with Crippen LogP contribution in [0.25, 0.3) is 4.96 Å². The van der Waals surface area contributed by atoms with Crippen molar-refractivity contribution in [3.05, 3.63) is 21.0 Å². The third kappa shape index (κ3) is 2.37. The van der Waals surface area contributed by atoms with Crippen LogP contribution >= 0.6 is 33.9 Å². The van der Waals surface area contributed by atoms with Gasteiger partial charge in [0.15, 0.2) is 4.96 Å². The van der Waals surface area contributed by atoms with E-state index in [1.165, 1.54) is 12.8 Å². The Kier molecular flexibility index (Phi) is 3.80. The number of imidazole rings is 1. The fourth-order valence-corrected chi connectivity index (χ4v) is 3.26. The van der Waals surface area contributed by atoms with Crippen LogP contribution in [0.5, 0.6) is 0 Å². The first-order valence-corrected chi connectivity index (χ1v) is 6.84. The van der Waals surface area contributed by atoms with E-state index in [9.17, 15) is 4.79 Å². The molecule has 6 heteroatoms. The normalized spacial score (nSPS) is 10.9. The summed E-state index contributed by atoms with van der Waals surface area (Å²) in [5, 5.41) is 2.10. The Hall–Kier alpha value is -0.630. The Morgan fingerprint density at radius 1 is 1.69 bits per heavy atom. The Bertz CT molecular complexity index is 506. The summed E-state index contributed by atoms with van der Waals surface area (Å²) in [5.41, 5.74) is 1.21. The number of hydrogen-bond acceptors (Lipinski definition) is 4. The Morgan fingerprint density at radius 2 is 2.50 bits per heavy atom. The van der Waals surface area contributed by atoms with Crippen molar-refractivity contribution in [3.8, 4) is 0 Å². The molecule has 0 aliphatic carbocycles. The summed E-state index contributed by atoms with van der Waals surface area (Å²) in [6.45, 7) is 0. The smallest absolute Gasteiger partial charge is 0.305 e. The van der Waals surface area contributed by atoms with Crippen LogP contribution in [0.4, 0.5) is 0 Å². The summed E-state index contributed by atoms with van der Waals surface area (Å²) in [6.07, 6.45) is 4.02. The van der Waals surface area contributed by atoms with E-state index in [1.807, 2.05) is 6.20 Å². The van der Waals surface area contributed by atoms with Gasteiger partial charge in [-0.3, -0.25) is 9.20 Å². The van der Waals surface area contributed by atoms with Crippen molar-refractivity contribution in [1.29, 1.82) is 0 Å². The molecule has 0 atom stereocenters. The maximum atomic E-state index is 11.0. The molecule has 0 fully saturated rings. The van der Waals surface area contributed by atoms with Crippen molar-refractivity contribution in [2.75, 3.05) is 7.11 Å². The van der Waals surface area contributed by atoms with Gasteiger partial charge in [0.2, 0.25) is 0 Å². The zero-order valence-electron chi connectivity index (χ0n) is 8.77. The number of nitrogens with zero attached hydrogens (tertiary/aromatic N) is 2. The van der Waals surface area contributed by atoms with Crippen LogP contribution < -0.4 is 0 Å². The number of ether oxygens (including phenoxy) is 1. The molecule has 0 aromatic carbocycles. The van der Waals surface area contributed by atoms with E-state index in [4.69, 9.17) is 0 Å². The van der Waals surface area contributed by atoms with Crippen LogP contribution in [-0.4, -0.2) is 22.5 Å². The van der Waals surface area contributed by atoms with E-state index in [0.717, 1.165) is 21.5 Å². The molecular weight excluding hydrogens is 339 g/mol. The summed E-state index contributed by atoms with van der Waals surface area (Å²) < 4.78 is 7.85. The van der Waals surface area contributed by atoms with Gasteiger partial charge in [-0.25, -0.2) is 4.98 Å². The first-order chi connectivity index (χ1) is 7.72. The predicted molar refractivity (Wildman–Crippen MR) is 70.7 cm³/mol. The average Bonchev–Trinajstić information content (AvgIpc) is 2.83. The monoisotopic (exact) mass is 350 g/mol. The third-order valence-electron chi connectivity index (χ3n) is 2.32. The molecule has 2 heterocycles. The molecule has 0 saturated heterocycles. The molecule has 2 aromatic rings. The molecule has 0 spiro atoms. The van der Waals surface area contributed by atoms with Gasteiger partial charge in [-0.05, 0) is 35.4 Å². The van der Waals surface area contributed by atoms with Crippen LogP contribution in [0.3, 0.4) is 0 Å². The van der Waals surface area contributed by atoms with Crippen molar-refractivity contribution >= 4 is 44.9 Å². The fourth-order valence-electron chi connectivity index (χ4n) is 1.52. The van der Waals surface area contributed by atoms with Gasteiger partial charge in [-0.2, -0.15) is 0 Å². The molecule has 0 radical (unpaired) electrons. The largest absolute Gasteiger partial charge is 0.469 e. The number of carbonyl (C=O) groups is 1. The number of rotatable bonds is 4. The minimum atomic E-state index is -0.146. The highest BCUT2D eigenvalue weighted by molar-refractivity contribution is 14.1. The quantitative estimate of drug-likeness (QED) is 0.629. The van der Waals surface area contributed by atoms with Gasteiger partial charge in [-0.1, -0.05) is 0 Å². The van der Waals surface area contributed by atoms with Gasteiger partial charge in [0, 0.05) is 17.5 Å². The summed E-state index contributed by atoms with van der Waals surface area (Å²) in [6, 6.07) is 0. The molecule has 0 aliphatic heterocycles. The number of methoxy groups -OCH3 is 1. The minimum Gasteiger partial charge on any atom is -0.469 e. The summed E-state index contributed by atoms with van der Waals surface area (Å²) in [5.74, 6) is -0.146. The van der Waals surface area contributed by atoms with Crippen molar-refractivity contribution in [1.82, 2.24) is 9.38 Å². The molecule has 16 heavy (non-hydrogen) atoms. The summed E-state index contributed by atoms with van der Waals surface area (Å²) in [4.78, 5) is 16.3. The summed E-state index contributed by atoms with van der Waals surface area (Å²) >= 11 is 3.89. The zero-order valence-corrected chi connectivity index (χ0v) is 11.7. The minimum absolute atomic E-state index is 0.146. The lowest BCUT2D eigenvalue weighted by Crippen LogP contribution is -2.01. The van der Waals surface area contributed by atoms with Crippen molar-refractivity contribution < 1.29 is 9.53 Å². The third-order valence-corrected chi connectivity index (χ3v) is 3.97. The summed E-state index contributed by atoms with van der Waals surface area (Å²) in [7, 11) is 1.42. The second-order valence-corrected chi connectivity index (χ2v) is 5.30. The van der Waals surface area contributed by atoms with E-state index in [1.54, 1.807) is 11.3 Å². The zero-order chi connectivity index (χ0) is 11.5. The van der Waals surface area contributed by atoms with Gasteiger partial charge < -0.3 is 4.74 Å². The van der Waals surface area contributed by atoms with Gasteiger partial charge in [0.25, 0.3) is 0 Å². The van der Waals surface area contributed by atoms with E-state index >= 15 is 0 Å². The van der Waals surface area contributed by atoms with Gasteiger partial charge in [0.1, 0.15) is 3.70 Å². The molecule has 0 aliphatic rings. The van der Waals surface area contributed by atoms with E-state index in [2.05, 4.69) is 42.1 Å². The molecule has 0 saturated carbocycles. The number of carbonyl (C=O) groups excluding carboxylic acids is 1. The number of esters is 1. The fraction of sp³-hybridized carbons (Fsp3) is 0.400. The lowest BCUT2D eigenvalue weighted by atomic mass is 10.2. The van der Waals surface area contributed by atoms with Gasteiger partial charge in [0.05, 0.1) is 13.3 Å². The maximum absolute atomic E-state index is 11.0. The van der Waals surface area contributed by atoms with Crippen LogP contribution in [-0.2, 0) is 16.0 Å². The lowest BCUT2D eigenvalue weighted by molar-refractivity contribution is -0.140. The Balaban J connectivity index is 2.04. The topological polar surface area (TPSA) is 43.6 Å². The standard InChI is InChI=1S/C10H11IN2O2S/c1-15-9(14)4-2-3-7-6-16-10-12-5-8(11)13(7)10/h5-6H,2-4H2,1H3. The van der Waals surface area contributed by atoms with E-state index in [0.29, 0.717) is 6.42 Å². The average molecular weight is 350 g/mol. The van der Waals surface area contributed by atoms with Gasteiger partial charge in [-0.15, -0.1) is 11.3 Å². The first-order valence-electron chi connectivity index (χ1n) is 4.88. The van der Waals surface area contributed by atoms with Crippen LogP contribution in [0.15, 0.2) is 11.6 Å². The number of halogens is 1. The van der Waals surface area contributed by atoms with Crippen molar-refractivity contribution in [2.24, 2.45) is 0 Å². The predicted octanol–water partition coefficient (Wildman–Crippen LogP) is 2.50. The highest BCUT2D eigenvalue weighted by atomic mass is 127. The Morgan fingerprint density at radius 3 is 3.25 bits per heavy atom. The van der Waals surface area contributed by atoms with Crippen molar-refractivity contribution in [3.63, 3.8) is 0 Å². The molecule has 0 amide bonds. The van der Waals surface area contributed by atoms with Crippen LogP contribution in [0.1, 0.15) is 18.5 Å². The molecule has 86 valence electrons. The first kappa shape index (κ1) is 11.8. The number of fused-ring (bicyclic) bond motifs is 1. The second-order valence-electron chi connectivity index (χ2n) is 3.36. The lowest BCUT2D eigenvalue weighted by Gasteiger charge is -2.00. The van der Waals surface area contributed by atoms with Crippen LogP contribution in [0, 0.1) is 3.70 Å². The van der Waals surface area contributed by atoms with Crippen molar-refractivity contribution in [2.45, 2.75) is 19.3 Å². The SMILES string of the molecule is COC(=O)CCCc1csc2ncc(I)n12. The molecule has 2 rings (SSSR count). The number of thiazole rings is 1. The number of hydrogen-bond donors (Lipinski definition) is 0. The Labute approximate surface area is 111 Å². The van der Waals surface area contributed by atoms with Gasteiger partial charge >= 0.3 is 5.97 Å². The van der Waals surface area contributed by atoms with Crippen LogP contribution in [0.2, 0.25) is 0 Å². The molecule has 2 aromatic heterocycles. The number of aromatic nitrogens is 2. The molecule has 0 N–H and O–H groups in total.